The number of hydrogen-bond donors (Lipinski definition) is 0. The van der Waals surface area contributed by atoms with Crippen LogP contribution in [-0.2, 0) is 14.2 Å². The van der Waals surface area contributed by atoms with Crippen LogP contribution >= 0.6 is 15.9 Å². The van der Waals surface area contributed by atoms with Gasteiger partial charge < -0.3 is 14.2 Å². The Kier molecular flexibility index (Phi) is 4.23. The number of alkyl halides is 1. The van der Waals surface area contributed by atoms with Gasteiger partial charge in [0.25, 0.3) is 0 Å². The maximum atomic E-state index is 5.64. The van der Waals surface area contributed by atoms with E-state index in [1.807, 2.05) is 0 Å². The van der Waals surface area contributed by atoms with E-state index in [2.05, 4.69) is 15.9 Å². The number of ether oxygens (including phenoxy) is 3. The van der Waals surface area contributed by atoms with Crippen molar-refractivity contribution in [1.82, 2.24) is 0 Å². The van der Waals surface area contributed by atoms with Gasteiger partial charge in [-0.25, -0.2) is 0 Å². The van der Waals surface area contributed by atoms with Crippen molar-refractivity contribution in [3.63, 3.8) is 0 Å². The molecule has 2 rings (SSSR count). The first-order valence-electron chi connectivity index (χ1n) is 5.31. The Morgan fingerprint density at radius 2 is 1.93 bits per heavy atom. The normalized spacial score (nSPS) is 33.2. The molecule has 0 aromatic heterocycles. The topological polar surface area (TPSA) is 27.7 Å². The summed E-state index contributed by atoms with van der Waals surface area (Å²) < 4.78 is 16.5. The fourth-order valence-corrected chi connectivity index (χ4v) is 2.10. The van der Waals surface area contributed by atoms with E-state index >= 15 is 0 Å². The van der Waals surface area contributed by atoms with Crippen molar-refractivity contribution in [1.29, 1.82) is 0 Å². The second-order valence-corrected chi connectivity index (χ2v) is 5.06. The molecule has 82 valence electrons. The minimum absolute atomic E-state index is 0.208. The zero-order chi connectivity index (χ0) is 9.80. The first-order valence-corrected chi connectivity index (χ1v) is 6.23. The Balaban J connectivity index is 1.49. The van der Waals surface area contributed by atoms with E-state index in [4.69, 9.17) is 14.2 Å². The minimum Gasteiger partial charge on any atom is -0.377 e. The van der Waals surface area contributed by atoms with E-state index < -0.39 is 0 Å². The van der Waals surface area contributed by atoms with Crippen LogP contribution in [0.5, 0.6) is 0 Å². The van der Waals surface area contributed by atoms with Crippen molar-refractivity contribution < 1.29 is 14.2 Å². The average molecular weight is 265 g/mol. The summed E-state index contributed by atoms with van der Waals surface area (Å²) in [6.45, 7) is 2.88. The Bertz CT molecular complexity index is 173. The molecule has 2 unspecified atom stereocenters. The number of halogens is 1. The van der Waals surface area contributed by atoms with Crippen molar-refractivity contribution in [2.24, 2.45) is 0 Å². The molecular formula is C10H17BrO3. The number of hydrogen-bond acceptors (Lipinski definition) is 3. The average Bonchev–Trinajstić information content (AvgIpc) is 2.48. The summed E-state index contributed by atoms with van der Waals surface area (Å²) in [4.78, 5) is 0.353. The molecule has 4 heteroatoms. The fraction of sp³-hybridized carbons (Fsp3) is 1.00. The van der Waals surface area contributed by atoms with Crippen LogP contribution in [0.1, 0.15) is 19.3 Å². The predicted molar refractivity (Wildman–Crippen MR) is 56.9 cm³/mol. The van der Waals surface area contributed by atoms with Crippen LogP contribution in [0.25, 0.3) is 0 Å². The zero-order valence-corrected chi connectivity index (χ0v) is 9.87. The highest BCUT2D eigenvalue weighted by molar-refractivity contribution is 9.09. The smallest absolute Gasteiger partial charge is 0.0956 e. The van der Waals surface area contributed by atoms with E-state index in [1.165, 1.54) is 19.3 Å². The highest BCUT2D eigenvalue weighted by Crippen LogP contribution is 2.22. The summed E-state index contributed by atoms with van der Waals surface area (Å²) in [7, 11) is 0. The number of rotatable bonds is 5. The van der Waals surface area contributed by atoms with Crippen LogP contribution in [0.15, 0.2) is 0 Å². The van der Waals surface area contributed by atoms with Gasteiger partial charge >= 0.3 is 0 Å². The van der Waals surface area contributed by atoms with Gasteiger partial charge in [0.2, 0.25) is 0 Å². The Morgan fingerprint density at radius 3 is 2.50 bits per heavy atom. The molecule has 14 heavy (non-hydrogen) atoms. The molecule has 1 saturated carbocycles. The molecule has 2 aliphatic rings. The van der Waals surface area contributed by atoms with Gasteiger partial charge in [0.1, 0.15) is 0 Å². The third-order valence-corrected chi connectivity index (χ3v) is 3.64. The van der Waals surface area contributed by atoms with Gasteiger partial charge in [-0.3, -0.25) is 0 Å². The van der Waals surface area contributed by atoms with Crippen LogP contribution in [0.4, 0.5) is 0 Å². The highest BCUT2D eigenvalue weighted by Gasteiger charge is 2.26. The van der Waals surface area contributed by atoms with Gasteiger partial charge in [0, 0.05) is 0 Å². The Hall–Kier alpha value is 0.360. The van der Waals surface area contributed by atoms with E-state index in [1.54, 1.807) is 0 Å². The molecule has 2 atom stereocenters. The fourth-order valence-electron chi connectivity index (χ4n) is 1.61. The molecule has 0 radical (unpaired) electrons. The molecular weight excluding hydrogens is 248 g/mol. The van der Waals surface area contributed by atoms with Gasteiger partial charge in [-0.2, -0.15) is 0 Å². The summed E-state index contributed by atoms with van der Waals surface area (Å²) in [6.07, 6.45) is 4.50. The lowest BCUT2D eigenvalue weighted by Gasteiger charge is -2.25. The second-order valence-electron chi connectivity index (χ2n) is 3.89. The van der Waals surface area contributed by atoms with Crippen LogP contribution < -0.4 is 0 Å². The van der Waals surface area contributed by atoms with Gasteiger partial charge in [0.05, 0.1) is 43.5 Å². The maximum absolute atomic E-state index is 5.64. The van der Waals surface area contributed by atoms with Gasteiger partial charge in [-0.15, -0.1) is 0 Å². The molecule has 0 amide bonds. The van der Waals surface area contributed by atoms with Crippen molar-refractivity contribution in [3.8, 4) is 0 Å². The first-order chi connectivity index (χ1) is 6.86. The van der Waals surface area contributed by atoms with Crippen LogP contribution in [-0.4, -0.2) is 43.5 Å². The van der Waals surface area contributed by atoms with Crippen LogP contribution in [0, 0.1) is 0 Å². The molecule has 0 N–H and O–H groups in total. The molecule has 0 bridgehead atoms. The van der Waals surface area contributed by atoms with E-state index in [-0.39, 0.29) is 6.10 Å². The molecule has 1 saturated heterocycles. The van der Waals surface area contributed by atoms with Crippen molar-refractivity contribution in [2.75, 3.05) is 26.4 Å². The van der Waals surface area contributed by atoms with Crippen molar-refractivity contribution >= 4 is 15.9 Å². The second kappa shape index (κ2) is 5.45. The van der Waals surface area contributed by atoms with E-state index in [0.29, 0.717) is 24.1 Å². The summed E-state index contributed by atoms with van der Waals surface area (Å²) in [5, 5.41) is 0. The van der Waals surface area contributed by atoms with Crippen molar-refractivity contribution in [3.05, 3.63) is 0 Å². The highest BCUT2D eigenvalue weighted by atomic mass is 79.9. The quantitative estimate of drug-likeness (QED) is 0.559. The summed E-state index contributed by atoms with van der Waals surface area (Å²) in [5.41, 5.74) is 0. The van der Waals surface area contributed by atoms with Crippen LogP contribution in [0.2, 0.25) is 0 Å². The maximum Gasteiger partial charge on any atom is 0.0956 e. The summed E-state index contributed by atoms with van der Waals surface area (Å²) >= 11 is 3.52. The molecule has 1 aliphatic heterocycles. The van der Waals surface area contributed by atoms with E-state index in [0.717, 1.165) is 13.2 Å². The molecule has 0 aromatic rings. The molecule has 0 aromatic carbocycles. The molecule has 2 fully saturated rings. The predicted octanol–water partition coefficient (Wildman–Crippen LogP) is 1.73. The lowest BCUT2D eigenvalue weighted by Crippen LogP contribution is -2.27. The third-order valence-electron chi connectivity index (χ3n) is 2.78. The lowest BCUT2D eigenvalue weighted by atomic mass is 9.96. The first kappa shape index (κ1) is 10.9. The molecule has 3 nitrogen and oxygen atoms in total. The summed E-state index contributed by atoms with van der Waals surface area (Å²) in [6, 6.07) is 0. The van der Waals surface area contributed by atoms with Crippen LogP contribution in [0.3, 0.4) is 0 Å². The SMILES string of the molecule is BrC1COCC1OCCOC1CCC1. The van der Waals surface area contributed by atoms with Crippen molar-refractivity contribution in [2.45, 2.75) is 36.3 Å². The summed E-state index contributed by atoms with van der Waals surface area (Å²) in [5.74, 6) is 0. The monoisotopic (exact) mass is 264 g/mol. The van der Waals surface area contributed by atoms with Gasteiger partial charge in [-0.05, 0) is 19.3 Å². The molecule has 0 spiro atoms. The Labute approximate surface area is 93.2 Å². The third kappa shape index (κ3) is 2.92. The molecule has 1 aliphatic carbocycles. The van der Waals surface area contributed by atoms with Gasteiger partial charge in [0.15, 0.2) is 0 Å². The molecule has 1 heterocycles. The standard InChI is InChI=1S/C10H17BrO3/c11-9-6-12-7-10(9)14-5-4-13-8-2-1-3-8/h8-10H,1-7H2. The van der Waals surface area contributed by atoms with E-state index in [9.17, 15) is 0 Å². The lowest BCUT2D eigenvalue weighted by molar-refractivity contribution is -0.0455. The minimum atomic E-state index is 0.208. The zero-order valence-electron chi connectivity index (χ0n) is 8.28. The Morgan fingerprint density at radius 1 is 1.14 bits per heavy atom. The largest absolute Gasteiger partial charge is 0.377 e. The van der Waals surface area contributed by atoms with Gasteiger partial charge in [-0.1, -0.05) is 15.9 Å².